The highest BCUT2D eigenvalue weighted by Gasteiger charge is 2.19. The summed E-state index contributed by atoms with van der Waals surface area (Å²) in [5, 5.41) is 3.82. The molecule has 20 heavy (non-hydrogen) atoms. The standard InChI is InChI=1S/C18H30N2/c1-15-8-7-11-17(13-12-15)19-14-18(20(2)3)16-9-5-4-6-10-16/h4-6,9-10,15,17-19H,7-8,11-14H2,1-3H3. The molecule has 3 atom stereocenters. The molecule has 0 saturated heterocycles. The molecule has 2 nitrogen and oxygen atoms in total. The Bertz CT molecular complexity index is 374. The summed E-state index contributed by atoms with van der Waals surface area (Å²) in [4.78, 5) is 2.32. The molecule has 1 aromatic rings. The normalized spacial score (nSPS) is 25.4. The Kier molecular flexibility index (Phi) is 6.06. The lowest BCUT2D eigenvalue weighted by Gasteiger charge is -2.27. The van der Waals surface area contributed by atoms with Crippen molar-refractivity contribution in [2.24, 2.45) is 5.92 Å². The van der Waals surface area contributed by atoms with Gasteiger partial charge in [-0.05, 0) is 44.8 Å². The Labute approximate surface area is 124 Å². The number of rotatable bonds is 5. The number of benzene rings is 1. The van der Waals surface area contributed by atoms with E-state index in [2.05, 4.69) is 61.6 Å². The Morgan fingerprint density at radius 1 is 1.10 bits per heavy atom. The van der Waals surface area contributed by atoms with E-state index in [9.17, 15) is 0 Å². The monoisotopic (exact) mass is 274 g/mol. The predicted octanol–water partition coefficient (Wildman–Crippen LogP) is 3.85. The van der Waals surface area contributed by atoms with Gasteiger partial charge in [0.2, 0.25) is 0 Å². The summed E-state index contributed by atoms with van der Waals surface area (Å²) in [5.74, 6) is 0.917. The third-order valence-electron chi connectivity index (χ3n) is 4.67. The van der Waals surface area contributed by atoms with Crippen LogP contribution in [0, 0.1) is 5.92 Å². The summed E-state index contributed by atoms with van der Waals surface area (Å²) in [6.45, 7) is 3.45. The molecule has 0 bridgehead atoms. The molecule has 1 aromatic carbocycles. The van der Waals surface area contributed by atoms with Crippen molar-refractivity contribution in [3.63, 3.8) is 0 Å². The van der Waals surface area contributed by atoms with E-state index in [1.807, 2.05) is 0 Å². The fourth-order valence-corrected chi connectivity index (χ4v) is 3.24. The Morgan fingerprint density at radius 3 is 2.55 bits per heavy atom. The highest BCUT2D eigenvalue weighted by molar-refractivity contribution is 5.19. The van der Waals surface area contributed by atoms with Crippen LogP contribution < -0.4 is 5.32 Å². The van der Waals surface area contributed by atoms with Crippen molar-refractivity contribution in [3.05, 3.63) is 35.9 Å². The maximum absolute atomic E-state index is 3.82. The molecule has 1 fully saturated rings. The third-order valence-corrected chi connectivity index (χ3v) is 4.67. The smallest absolute Gasteiger partial charge is 0.0466 e. The zero-order valence-corrected chi connectivity index (χ0v) is 13.3. The van der Waals surface area contributed by atoms with Gasteiger partial charge in [-0.15, -0.1) is 0 Å². The molecule has 1 aliphatic rings. The van der Waals surface area contributed by atoms with Crippen molar-refractivity contribution >= 4 is 0 Å². The first-order valence-corrected chi connectivity index (χ1v) is 8.11. The minimum Gasteiger partial charge on any atom is -0.312 e. The fourth-order valence-electron chi connectivity index (χ4n) is 3.24. The number of likely N-dealkylation sites (N-methyl/N-ethyl adjacent to an activating group) is 1. The van der Waals surface area contributed by atoms with Gasteiger partial charge in [0, 0.05) is 18.6 Å². The third kappa shape index (κ3) is 4.60. The van der Waals surface area contributed by atoms with Crippen LogP contribution in [0.15, 0.2) is 30.3 Å². The lowest BCUT2D eigenvalue weighted by atomic mass is 10.0. The summed E-state index contributed by atoms with van der Waals surface area (Å²) in [5.41, 5.74) is 1.41. The Balaban J connectivity index is 1.89. The van der Waals surface area contributed by atoms with Gasteiger partial charge in [0.05, 0.1) is 0 Å². The van der Waals surface area contributed by atoms with Crippen molar-refractivity contribution < 1.29 is 0 Å². The van der Waals surface area contributed by atoms with Gasteiger partial charge in [-0.25, -0.2) is 0 Å². The average Bonchev–Trinajstić information content (AvgIpc) is 2.65. The van der Waals surface area contributed by atoms with Gasteiger partial charge < -0.3 is 10.2 Å². The highest BCUT2D eigenvalue weighted by atomic mass is 15.1. The van der Waals surface area contributed by atoms with Crippen molar-refractivity contribution in [1.29, 1.82) is 0 Å². The second-order valence-corrected chi connectivity index (χ2v) is 6.61. The van der Waals surface area contributed by atoms with Crippen LogP contribution in [0.2, 0.25) is 0 Å². The molecule has 112 valence electrons. The summed E-state index contributed by atoms with van der Waals surface area (Å²) >= 11 is 0. The van der Waals surface area contributed by atoms with E-state index in [1.54, 1.807) is 0 Å². The van der Waals surface area contributed by atoms with Gasteiger partial charge >= 0.3 is 0 Å². The van der Waals surface area contributed by atoms with Gasteiger partial charge in [-0.1, -0.05) is 50.1 Å². The molecule has 0 amide bonds. The molecule has 0 heterocycles. The molecule has 0 aliphatic heterocycles. The van der Waals surface area contributed by atoms with Gasteiger partial charge in [0.1, 0.15) is 0 Å². The molecule has 1 N–H and O–H groups in total. The minimum absolute atomic E-state index is 0.469. The first kappa shape index (κ1) is 15.5. The van der Waals surface area contributed by atoms with E-state index >= 15 is 0 Å². The quantitative estimate of drug-likeness (QED) is 0.821. The summed E-state index contributed by atoms with van der Waals surface area (Å²) in [7, 11) is 4.35. The SMILES string of the molecule is CC1CCCC(NCC(c2ccccc2)N(C)C)CC1. The molecule has 0 radical (unpaired) electrons. The van der Waals surface area contributed by atoms with Gasteiger partial charge in [-0.2, -0.15) is 0 Å². The maximum Gasteiger partial charge on any atom is 0.0466 e. The van der Waals surface area contributed by atoms with Crippen molar-refractivity contribution in [2.75, 3.05) is 20.6 Å². The fraction of sp³-hybridized carbons (Fsp3) is 0.667. The number of nitrogens with one attached hydrogen (secondary N) is 1. The Hall–Kier alpha value is -0.860. The topological polar surface area (TPSA) is 15.3 Å². The van der Waals surface area contributed by atoms with Gasteiger partial charge in [-0.3, -0.25) is 0 Å². The molecule has 3 unspecified atom stereocenters. The van der Waals surface area contributed by atoms with Crippen molar-refractivity contribution in [3.8, 4) is 0 Å². The van der Waals surface area contributed by atoms with Gasteiger partial charge in [0.15, 0.2) is 0 Å². The van der Waals surface area contributed by atoms with Crippen LogP contribution in [-0.4, -0.2) is 31.6 Å². The molecule has 2 heteroatoms. The zero-order valence-electron chi connectivity index (χ0n) is 13.3. The highest BCUT2D eigenvalue weighted by Crippen LogP contribution is 2.23. The van der Waals surface area contributed by atoms with E-state index in [1.165, 1.54) is 37.7 Å². The van der Waals surface area contributed by atoms with E-state index < -0.39 is 0 Å². The molecule has 1 saturated carbocycles. The molecule has 2 rings (SSSR count). The average molecular weight is 274 g/mol. The molecule has 0 aromatic heterocycles. The second-order valence-electron chi connectivity index (χ2n) is 6.61. The van der Waals surface area contributed by atoms with Crippen LogP contribution in [0.25, 0.3) is 0 Å². The molecule has 0 spiro atoms. The second kappa shape index (κ2) is 7.80. The number of hydrogen-bond donors (Lipinski definition) is 1. The number of nitrogens with zero attached hydrogens (tertiary/aromatic N) is 1. The molecule has 1 aliphatic carbocycles. The summed E-state index contributed by atoms with van der Waals surface area (Å²) in [6.07, 6.45) is 6.87. The van der Waals surface area contributed by atoms with Crippen LogP contribution in [-0.2, 0) is 0 Å². The van der Waals surface area contributed by atoms with E-state index in [4.69, 9.17) is 0 Å². The molecular formula is C18H30N2. The first-order valence-electron chi connectivity index (χ1n) is 8.11. The number of hydrogen-bond acceptors (Lipinski definition) is 2. The zero-order chi connectivity index (χ0) is 14.4. The van der Waals surface area contributed by atoms with E-state index in [0.717, 1.165) is 12.5 Å². The maximum atomic E-state index is 3.82. The molecular weight excluding hydrogens is 244 g/mol. The Morgan fingerprint density at radius 2 is 1.85 bits per heavy atom. The van der Waals surface area contributed by atoms with Crippen molar-refractivity contribution in [1.82, 2.24) is 10.2 Å². The van der Waals surface area contributed by atoms with E-state index in [-0.39, 0.29) is 0 Å². The minimum atomic E-state index is 0.469. The van der Waals surface area contributed by atoms with Crippen LogP contribution in [0.3, 0.4) is 0 Å². The summed E-state index contributed by atoms with van der Waals surface area (Å²) < 4.78 is 0. The largest absolute Gasteiger partial charge is 0.312 e. The lowest BCUT2D eigenvalue weighted by molar-refractivity contribution is 0.274. The van der Waals surface area contributed by atoms with Crippen molar-refractivity contribution in [2.45, 2.75) is 51.1 Å². The van der Waals surface area contributed by atoms with E-state index in [0.29, 0.717) is 12.1 Å². The van der Waals surface area contributed by atoms with Gasteiger partial charge in [0.25, 0.3) is 0 Å². The first-order chi connectivity index (χ1) is 9.66. The van der Waals surface area contributed by atoms with Crippen LogP contribution >= 0.6 is 0 Å². The lowest BCUT2D eigenvalue weighted by Crippen LogP contribution is -2.37. The predicted molar refractivity (Wildman–Crippen MR) is 86.9 cm³/mol. The summed E-state index contributed by atoms with van der Waals surface area (Å²) in [6, 6.07) is 12.0. The van der Waals surface area contributed by atoms with Crippen LogP contribution in [0.5, 0.6) is 0 Å². The van der Waals surface area contributed by atoms with Crippen LogP contribution in [0.4, 0.5) is 0 Å². The van der Waals surface area contributed by atoms with Crippen LogP contribution in [0.1, 0.15) is 50.6 Å².